The van der Waals surface area contributed by atoms with Gasteiger partial charge in [0.25, 0.3) is 0 Å². The number of aromatic nitrogens is 2. The number of benzene rings is 2. The smallest absolute Gasteiger partial charge is 0.116 e. The molecule has 0 fully saturated rings. The quantitative estimate of drug-likeness (QED) is 0.762. The van der Waals surface area contributed by atoms with Crippen LogP contribution in [0.4, 0.5) is 5.69 Å². The molecule has 0 saturated carbocycles. The molecule has 0 saturated heterocycles. The molecule has 1 heterocycles. The minimum Gasteiger partial charge on any atom is -0.396 e. The third kappa shape index (κ3) is 2.78. The number of nitrogens with two attached hydrogens (primary N) is 1. The van der Waals surface area contributed by atoms with Crippen molar-refractivity contribution in [3.63, 3.8) is 0 Å². The van der Waals surface area contributed by atoms with Gasteiger partial charge < -0.3 is 5.73 Å². The minimum absolute atomic E-state index is 0.636. The summed E-state index contributed by atoms with van der Waals surface area (Å²) in [5.74, 6) is 0. The second kappa shape index (κ2) is 5.26. The van der Waals surface area contributed by atoms with Gasteiger partial charge >= 0.3 is 0 Å². The predicted molar refractivity (Wildman–Crippen MR) is 87.9 cm³/mol. The highest BCUT2D eigenvalue weighted by atomic mass is 35.5. The van der Waals surface area contributed by atoms with Crippen LogP contribution in [0.5, 0.6) is 0 Å². The molecule has 0 bridgehead atoms. The Morgan fingerprint density at radius 1 is 1.05 bits per heavy atom. The number of anilines is 1. The molecule has 0 aliphatic carbocycles. The van der Waals surface area contributed by atoms with Crippen LogP contribution in [0.25, 0.3) is 16.9 Å². The van der Waals surface area contributed by atoms with Crippen LogP contribution in [0.3, 0.4) is 0 Å². The highest BCUT2D eigenvalue weighted by Crippen LogP contribution is 2.27. The number of aryl methyl sites for hydroxylation is 2. The van der Waals surface area contributed by atoms with Gasteiger partial charge in [0.1, 0.15) is 5.69 Å². The van der Waals surface area contributed by atoms with Gasteiger partial charge in [-0.15, -0.1) is 0 Å². The van der Waals surface area contributed by atoms with Crippen molar-refractivity contribution >= 4 is 17.3 Å². The summed E-state index contributed by atoms with van der Waals surface area (Å²) in [6.07, 6.45) is 1.84. The van der Waals surface area contributed by atoms with Gasteiger partial charge in [-0.05, 0) is 49.2 Å². The maximum absolute atomic E-state index is 6.11. The number of halogens is 1. The molecule has 2 aromatic carbocycles. The van der Waals surface area contributed by atoms with Crippen molar-refractivity contribution in [2.24, 2.45) is 0 Å². The van der Waals surface area contributed by atoms with Crippen LogP contribution < -0.4 is 5.73 Å². The lowest BCUT2D eigenvalue weighted by Gasteiger charge is -2.04. The molecule has 0 aliphatic heterocycles. The Morgan fingerprint density at radius 3 is 2.43 bits per heavy atom. The lowest BCUT2D eigenvalue weighted by Crippen LogP contribution is -1.96. The normalized spacial score (nSPS) is 10.8. The van der Waals surface area contributed by atoms with Crippen molar-refractivity contribution < 1.29 is 0 Å². The van der Waals surface area contributed by atoms with Gasteiger partial charge in [0.15, 0.2) is 0 Å². The van der Waals surface area contributed by atoms with Crippen molar-refractivity contribution in [1.82, 2.24) is 9.78 Å². The van der Waals surface area contributed by atoms with E-state index in [1.807, 2.05) is 35.1 Å². The molecule has 106 valence electrons. The lowest BCUT2D eigenvalue weighted by molar-refractivity contribution is 0.881. The van der Waals surface area contributed by atoms with E-state index in [0.717, 1.165) is 16.9 Å². The van der Waals surface area contributed by atoms with Gasteiger partial charge in [-0.25, -0.2) is 4.68 Å². The van der Waals surface area contributed by atoms with Crippen LogP contribution >= 0.6 is 11.6 Å². The van der Waals surface area contributed by atoms with Gasteiger partial charge in [0.2, 0.25) is 0 Å². The molecule has 0 atom stereocenters. The number of rotatable bonds is 2. The average Bonchev–Trinajstić information content (AvgIpc) is 2.80. The van der Waals surface area contributed by atoms with Crippen LogP contribution in [0.2, 0.25) is 5.02 Å². The van der Waals surface area contributed by atoms with Crippen LogP contribution in [0.15, 0.2) is 48.7 Å². The maximum Gasteiger partial charge on any atom is 0.116 e. The standard InChI is InChI=1S/C17H16ClN3/c1-11-6-12(2)8-15(7-11)21-10-16(19)17(20-21)13-4-3-5-14(18)9-13/h3-10H,19H2,1-2H3. The molecular formula is C17H16ClN3. The summed E-state index contributed by atoms with van der Waals surface area (Å²) in [5.41, 5.74) is 11.8. The van der Waals surface area contributed by atoms with E-state index >= 15 is 0 Å². The molecule has 3 aromatic rings. The fraction of sp³-hybridized carbons (Fsp3) is 0.118. The van der Waals surface area contributed by atoms with E-state index in [4.69, 9.17) is 17.3 Å². The van der Waals surface area contributed by atoms with Crippen LogP contribution in [0.1, 0.15) is 11.1 Å². The maximum atomic E-state index is 6.11. The minimum atomic E-state index is 0.636. The largest absolute Gasteiger partial charge is 0.396 e. The summed E-state index contributed by atoms with van der Waals surface area (Å²) < 4.78 is 1.81. The van der Waals surface area contributed by atoms with E-state index in [-0.39, 0.29) is 0 Å². The second-order valence-corrected chi connectivity index (χ2v) is 5.67. The third-order valence-electron chi connectivity index (χ3n) is 3.31. The third-order valence-corrected chi connectivity index (χ3v) is 3.55. The highest BCUT2D eigenvalue weighted by molar-refractivity contribution is 6.30. The molecule has 2 N–H and O–H groups in total. The topological polar surface area (TPSA) is 43.8 Å². The number of nitrogens with zero attached hydrogens (tertiary/aromatic N) is 2. The molecule has 4 heteroatoms. The molecular weight excluding hydrogens is 282 g/mol. The van der Waals surface area contributed by atoms with Gasteiger partial charge in [0.05, 0.1) is 17.6 Å². The van der Waals surface area contributed by atoms with Gasteiger partial charge in [0, 0.05) is 10.6 Å². The second-order valence-electron chi connectivity index (χ2n) is 5.23. The highest BCUT2D eigenvalue weighted by Gasteiger charge is 2.10. The molecule has 0 unspecified atom stereocenters. The zero-order chi connectivity index (χ0) is 15.0. The fourth-order valence-electron chi connectivity index (χ4n) is 2.46. The zero-order valence-corrected chi connectivity index (χ0v) is 12.7. The monoisotopic (exact) mass is 297 g/mol. The van der Waals surface area contributed by atoms with Crippen molar-refractivity contribution in [2.75, 3.05) is 5.73 Å². The summed E-state index contributed by atoms with van der Waals surface area (Å²) in [4.78, 5) is 0. The van der Waals surface area contributed by atoms with E-state index in [9.17, 15) is 0 Å². The lowest BCUT2D eigenvalue weighted by atomic mass is 10.1. The van der Waals surface area contributed by atoms with E-state index in [2.05, 4.69) is 37.1 Å². The van der Waals surface area contributed by atoms with E-state index in [0.29, 0.717) is 10.7 Å². The van der Waals surface area contributed by atoms with E-state index in [1.165, 1.54) is 11.1 Å². The van der Waals surface area contributed by atoms with Gasteiger partial charge in [-0.1, -0.05) is 29.8 Å². The fourth-order valence-corrected chi connectivity index (χ4v) is 2.65. The number of hydrogen-bond acceptors (Lipinski definition) is 2. The van der Waals surface area contributed by atoms with Crippen molar-refractivity contribution in [3.05, 3.63) is 64.8 Å². The summed E-state index contributed by atoms with van der Waals surface area (Å²) in [6, 6.07) is 13.9. The summed E-state index contributed by atoms with van der Waals surface area (Å²) in [6.45, 7) is 4.14. The van der Waals surface area contributed by atoms with Crippen molar-refractivity contribution in [3.8, 4) is 16.9 Å². The first-order chi connectivity index (χ1) is 10.0. The Balaban J connectivity index is 2.09. The van der Waals surface area contributed by atoms with Gasteiger partial charge in [-0.2, -0.15) is 5.10 Å². The molecule has 1 aromatic heterocycles. The first-order valence-corrected chi connectivity index (χ1v) is 7.10. The molecule has 0 radical (unpaired) electrons. The predicted octanol–water partition coefficient (Wildman–Crippen LogP) is 4.39. The Morgan fingerprint density at radius 2 is 1.76 bits per heavy atom. The van der Waals surface area contributed by atoms with Crippen LogP contribution in [-0.2, 0) is 0 Å². The van der Waals surface area contributed by atoms with Crippen LogP contribution in [-0.4, -0.2) is 9.78 Å². The average molecular weight is 298 g/mol. The Kier molecular flexibility index (Phi) is 3.43. The van der Waals surface area contributed by atoms with Crippen LogP contribution in [0, 0.1) is 13.8 Å². The SMILES string of the molecule is Cc1cc(C)cc(-n2cc(N)c(-c3cccc(Cl)c3)n2)c1. The zero-order valence-electron chi connectivity index (χ0n) is 12.0. The Bertz CT molecular complexity index is 785. The molecule has 0 aliphatic rings. The first-order valence-electron chi connectivity index (χ1n) is 6.73. The number of hydrogen-bond donors (Lipinski definition) is 1. The molecule has 3 nitrogen and oxygen atoms in total. The molecule has 21 heavy (non-hydrogen) atoms. The number of nitrogen functional groups attached to an aromatic ring is 1. The van der Waals surface area contributed by atoms with E-state index < -0.39 is 0 Å². The molecule has 0 spiro atoms. The Hall–Kier alpha value is -2.26. The Labute approximate surface area is 129 Å². The summed E-state index contributed by atoms with van der Waals surface area (Å²) in [5, 5.41) is 5.28. The summed E-state index contributed by atoms with van der Waals surface area (Å²) >= 11 is 6.04. The van der Waals surface area contributed by atoms with Crippen molar-refractivity contribution in [1.29, 1.82) is 0 Å². The van der Waals surface area contributed by atoms with Crippen molar-refractivity contribution in [2.45, 2.75) is 13.8 Å². The summed E-state index contributed by atoms with van der Waals surface area (Å²) in [7, 11) is 0. The molecule has 3 rings (SSSR count). The van der Waals surface area contributed by atoms with E-state index in [1.54, 1.807) is 0 Å². The molecule has 0 amide bonds. The van der Waals surface area contributed by atoms with Gasteiger partial charge in [-0.3, -0.25) is 0 Å². The first kappa shape index (κ1) is 13.7.